The molecule has 0 bridgehead atoms. The summed E-state index contributed by atoms with van der Waals surface area (Å²) in [4.78, 5) is 0. The van der Waals surface area contributed by atoms with E-state index in [1.165, 1.54) is 18.4 Å². The Labute approximate surface area is 153 Å². The van der Waals surface area contributed by atoms with E-state index < -0.39 is 0 Å². The van der Waals surface area contributed by atoms with E-state index in [0.717, 1.165) is 19.8 Å². The van der Waals surface area contributed by atoms with Crippen LogP contribution in [-0.2, 0) is 20.8 Å². The summed E-state index contributed by atoms with van der Waals surface area (Å²) in [5.74, 6) is 2.20. The standard InChI is InChI=1S/C22H34O3/c1-16(2)18-10-11-22(3,4)20(21-24-12-13-25-21)19(18)15-23-14-17-8-6-5-7-9-17/h5-9,16,18-21H,10-15H2,1-4H3/t18-,19-,20?/m0/s1. The van der Waals surface area contributed by atoms with Gasteiger partial charge in [0.2, 0.25) is 0 Å². The van der Waals surface area contributed by atoms with Gasteiger partial charge in [-0.15, -0.1) is 0 Å². The molecule has 1 aliphatic carbocycles. The molecule has 0 aromatic heterocycles. The molecule has 0 amide bonds. The Balaban J connectivity index is 1.73. The van der Waals surface area contributed by atoms with Gasteiger partial charge in [0.1, 0.15) is 0 Å². The van der Waals surface area contributed by atoms with Crippen molar-refractivity contribution in [1.82, 2.24) is 0 Å². The molecule has 3 heteroatoms. The van der Waals surface area contributed by atoms with Crippen LogP contribution in [0.3, 0.4) is 0 Å². The fourth-order valence-corrected chi connectivity index (χ4v) is 4.86. The molecule has 3 rings (SSSR count). The summed E-state index contributed by atoms with van der Waals surface area (Å²) in [6.07, 6.45) is 2.44. The monoisotopic (exact) mass is 346 g/mol. The summed E-state index contributed by atoms with van der Waals surface area (Å²) in [5.41, 5.74) is 1.46. The van der Waals surface area contributed by atoms with Gasteiger partial charge in [0.25, 0.3) is 0 Å². The highest BCUT2D eigenvalue weighted by atomic mass is 16.7. The molecule has 1 unspecified atom stereocenters. The number of rotatable bonds is 6. The molecular weight excluding hydrogens is 312 g/mol. The van der Waals surface area contributed by atoms with E-state index in [1.54, 1.807) is 0 Å². The second kappa shape index (κ2) is 8.20. The zero-order chi connectivity index (χ0) is 17.9. The van der Waals surface area contributed by atoms with Crippen molar-refractivity contribution in [2.45, 2.75) is 53.4 Å². The van der Waals surface area contributed by atoms with Gasteiger partial charge in [0.05, 0.1) is 26.4 Å². The lowest BCUT2D eigenvalue weighted by atomic mass is 9.57. The van der Waals surface area contributed by atoms with Crippen LogP contribution in [0.4, 0.5) is 0 Å². The highest BCUT2D eigenvalue weighted by molar-refractivity contribution is 5.13. The molecule has 1 heterocycles. The highest BCUT2D eigenvalue weighted by Crippen LogP contribution is 2.51. The van der Waals surface area contributed by atoms with Crippen LogP contribution in [0.1, 0.15) is 46.1 Å². The van der Waals surface area contributed by atoms with Crippen LogP contribution >= 0.6 is 0 Å². The third-order valence-corrected chi connectivity index (χ3v) is 6.25. The van der Waals surface area contributed by atoms with Crippen molar-refractivity contribution in [3.8, 4) is 0 Å². The van der Waals surface area contributed by atoms with Crippen molar-refractivity contribution in [3.63, 3.8) is 0 Å². The minimum Gasteiger partial charge on any atom is -0.376 e. The summed E-state index contributed by atoms with van der Waals surface area (Å²) in [7, 11) is 0. The minimum atomic E-state index is -0.0677. The first-order chi connectivity index (χ1) is 12.0. The Morgan fingerprint density at radius 1 is 1.12 bits per heavy atom. The molecule has 0 radical (unpaired) electrons. The van der Waals surface area contributed by atoms with Gasteiger partial charge in [-0.1, -0.05) is 58.0 Å². The van der Waals surface area contributed by atoms with Gasteiger partial charge in [-0.2, -0.15) is 0 Å². The summed E-state index contributed by atoms with van der Waals surface area (Å²) >= 11 is 0. The summed E-state index contributed by atoms with van der Waals surface area (Å²) < 4.78 is 18.2. The fourth-order valence-electron chi connectivity index (χ4n) is 4.86. The zero-order valence-corrected chi connectivity index (χ0v) is 16.2. The summed E-state index contributed by atoms with van der Waals surface area (Å²) in [6.45, 7) is 12.4. The number of ether oxygens (including phenoxy) is 3. The van der Waals surface area contributed by atoms with Crippen molar-refractivity contribution in [1.29, 1.82) is 0 Å². The van der Waals surface area contributed by atoms with Crippen molar-refractivity contribution >= 4 is 0 Å². The molecule has 0 N–H and O–H groups in total. The maximum Gasteiger partial charge on any atom is 0.161 e. The first-order valence-corrected chi connectivity index (χ1v) is 9.84. The predicted molar refractivity (Wildman–Crippen MR) is 100 cm³/mol. The van der Waals surface area contributed by atoms with E-state index in [1.807, 2.05) is 6.07 Å². The van der Waals surface area contributed by atoms with E-state index in [9.17, 15) is 0 Å². The maximum absolute atomic E-state index is 6.21. The van der Waals surface area contributed by atoms with Crippen LogP contribution in [0.15, 0.2) is 30.3 Å². The predicted octanol–water partition coefficient (Wildman–Crippen LogP) is 4.90. The molecule has 2 aliphatic rings. The average molecular weight is 347 g/mol. The lowest BCUT2D eigenvalue weighted by molar-refractivity contribution is -0.174. The first kappa shape index (κ1) is 18.9. The molecule has 1 aromatic carbocycles. The topological polar surface area (TPSA) is 27.7 Å². The third kappa shape index (κ3) is 4.45. The van der Waals surface area contributed by atoms with E-state index >= 15 is 0 Å². The molecule has 1 aromatic rings. The van der Waals surface area contributed by atoms with Crippen LogP contribution in [0.2, 0.25) is 0 Å². The van der Waals surface area contributed by atoms with Crippen molar-refractivity contribution in [2.24, 2.45) is 29.1 Å². The Kier molecular flexibility index (Phi) is 6.19. The Morgan fingerprint density at radius 2 is 1.80 bits per heavy atom. The minimum absolute atomic E-state index is 0.0677. The molecule has 1 saturated carbocycles. The second-order valence-electron chi connectivity index (χ2n) is 8.74. The summed E-state index contributed by atoms with van der Waals surface area (Å²) in [6, 6.07) is 10.5. The van der Waals surface area contributed by atoms with Crippen LogP contribution in [0, 0.1) is 29.1 Å². The average Bonchev–Trinajstić information content (AvgIpc) is 3.09. The van der Waals surface area contributed by atoms with E-state index in [4.69, 9.17) is 14.2 Å². The van der Waals surface area contributed by atoms with Gasteiger partial charge in [0, 0.05) is 5.92 Å². The normalized spacial score (nSPS) is 30.0. The second-order valence-corrected chi connectivity index (χ2v) is 8.74. The maximum atomic E-state index is 6.21. The quantitative estimate of drug-likeness (QED) is 0.733. The highest BCUT2D eigenvalue weighted by Gasteiger charge is 2.50. The fraction of sp³-hybridized carbons (Fsp3) is 0.727. The Hall–Kier alpha value is -0.900. The van der Waals surface area contributed by atoms with Crippen LogP contribution in [-0.4, -0.2) is 26.1 Å². The van der Waals surface area contributed by atoms with Crippen molar-refractivity contribution in [3.05, 3.63) is 35.9 Å². The van der Waals surface area contributed by atoms with Crippen LogP contribution in [0.5, 0.6) is 0 Å². The number of hydrogen-bond donors (Lipinski definition) is 0. The molecule has 2 fully saturated rings. The molecule has 3 nitrogen and oxygen atoms in total. The molecule has 1 saturated heterocycles. The number of benzene rings is 1. The number of hydrogen-bond acceptors (Lipinski definition) is 3. The largest absolute Gasteiger partial charge is 0.376 e. The lowest BCUT2D eigenvalue weighted by Crippen LogP contribution is -2.49. The van der Waals surface area contributed by atoms with Gasteiger partial charge in [-0.25, -0.2) is 0 Å². The van der Waals surface area contributed by atoms with Gasteiger partial charge in [-0.05, 0) is 41.6 Å². The van der Waals surface area contributed by atoms with E-state index in [0.29, 0.717) is 30.3 Å². The zero-order valence-electron chi connectivity index (χ0n) is 16.2. The summed E-state index contributed by atoms with van der Waals surface area (Å²) in [5, 5.41) is 0. The first-order valence-electron chi connectivity index (χ1n) is 9.84. The van der Waals surface area contributed by atoms with Gasteiger partial charge in [0.15, 0.2) is 6.29 Å². The van der Waals surface area contributed by atoms with Crippen LogP contribution < -0.4 is 0 Å². The van der Waals surface area contributed by atoms with E-state index in [2.05, 4.69) is 52.0 Å². The molecule has 25 heavy (non-hydrogen) atoms. The van der Waals surface area contributed by atoms with Crippen molar-refractivity contribution < 1.29 is 14.2 Å². The van der Waals surface area contributed by atoms with Gasteiger partial charge in [-0.3, -0.25) is 0 Å². The SMILES string of the molecule is CC(C)[C@@H]1CCC(C)(C)C(C2OCCO2)[C@H]1COCc1ccccc1. The van der Waals surface area contributed by atoms with Crippen molar-refractivity contribution in [2.75, 3.05) is 19.8 Å². The molecule has 140 valence electrons. The molecular formula is C22H34O3. The van der Waals surface area contributed by atoms with E-state index in [-0.39, 0.29) is 11.7 Å². The molecule has 3 atom stereocenters. The third-order valence-electron chi connectivity index (χ3n) is 6.25. The van der Waals surface area contributed by atoms with Crippen LogP contribution in [0.25, 0.3) is 0 Å². The smallest absolute Gasteiger partial charge is 0.161 e. The lowest BCUT2D eigenvalue weighted by Gasteiger charge is -2.50. The Bertz CT molecular complexity index is 519. The van der Waals surface area contributed by atoms with Gasteiger partial charge >= 0.3 is 0 Å². The molecule has 1 aliphatic heterocycles. The molecule has 0 spiro atoms. The Morgan fingerprint density at radius 3 is 2.44 bits per heavy atom. The van der Waals surface area contributed by atoms with Gasteiger partial charge < -0.3 is 14.2 Å².